The van der Waals surface area contributed by atoms with E-state index in [2.05, 4.69) is 55.4 Å². The standard InChI is InChI=1S/C100H202O/c1-9-17-25-33-41-49-53-57-61-69-77-85-93-99(94-86-78-70-62-58-54-50-42-34-26-18-10-2,97(89-81-73-65-45-37-29-21-13-5)90-82-74-66-46-38-30-22-14-6)101-100(95-87-79-71-63-59-55-51-43-35-27-19-11-3,96-88-80-72-64-60-56-52-44-36-28-20-12-4)98(91-83-75-67-47-39-31-23-15-7)92-84-76-68-48-40-32-24-16-8/h97-98H,9-96H2,1-8H3. The van der Waals surface area contributed by atoms with Crippen molar-refractivity contribution in [2.24, 2.45) is 11.8 Å². The number of ether oxygens (including phenoxy) is 1. The van der Waals surface area contributed by atoms with Crippen LogP contribution in [0.15, 0.2) is 0 Å². The van der Waals surface area contributed by atoms with E-state index in [-0.39, 0.29) is 11.2 Å². The normalized spacial score (nSPS) is 12.3. The molecule has 0 aromatic rings. The van der Waals surface area contributed by atoms with Crippen molar-refractivity contribution >= 4 is 0 Å². The highest BCUT2D eigenvalue weighted by atomic mass is 16.5. The molecule has 0 spiro atoms. The Morgan fingerprint density at radius 2 is 0.228 bits per heavy atom. The van der Waals surface area contributed by atoms with E-state index in [0.717, 1.165) is 0 Å². The summed E-state index contributed by atoms with van der Waals surface area (Å²) in [5.41, 5.74) is 0.00852. The van der Waals surface area contributed by atoms with Gasteiger partial charge in [0.1, 0.15) is 0 Å². The summed E-state index contributed by atoms with van der Waals surface area (Å²) < 4.78 is 9.44. The summed E-state index contributed by atoms with van der Waals surface area (Å²) in [5.74, 6) is 1.41. The number of hydrogen-bond donors (Lipinski definition) is 0. The second kappa shape index (κ2) is 85.6. The van der Waals surface area contributed by atoms with Crippen molar-refractivity contribution in [3.05, 3.63) is 0 Å². The van der Waals surface area contributed by atoms with E-state index in [1.165, 1.54) is 565 Å². The van der Waals surface area contributed by atoms with Gasteiger partial charge in [0.2, 0.25) is 0 Å². The van der Waals surface area contributed by atoms with Crippen molar-refractivity contribution in [3.63, 3.8) is 0 Å². The summed E-state index contributed by atoms with van der Waals surface area (Å²) in [6.45, 7) is 19.1. The van der Waals surface area contributed by atoms with Gasteiger partial charge < -0.3 is 4.74 Å². The third-order valence-corrected chi connectivity index (χ3v) is 25.3. The number of rotatable bonds is 92. The molecule has 608 valence electrons. The van der Waals surface area contributed by atoms with E-state index in [1.807, 2.05) is 0 Å². The maximum absolute atomic E-state index is 9.44. The Hall–Kier alpha value is -0.0400. The molecule has 0 aliphatic carbocycles. The maximum Gasteiger partial charge on any atom is 0.0718 e. The van der Waals surface area contributed by atoms with Crippen LogP contribution in [0.25, 0.3) is 0 Å². The van der Waals surface area contributed by atoms with Crippen molar-refractivity contribution in [1.82, 2.24) is 0 Å². The molecular weight excluding hydrogens is 1220 g/mol. The predicted octanol–water partition coefficient (Wildman–Crippen LogP) is 38.2. The summed E-state index contributed by atoms with van der Waals surface area (Å²) in [6, 6.07) is 0. The lowest BCUT2D eigenvalue weighted by molar-refractivity contribution is -0.225. The van der Waals surface area contributed by atoms with Gasteiger partial charge in [-0.05, 0) is 63.2 Å². The smallest absolute Gasteiger partial charge is 0.0718 e. The first-order valence-electron chi connectivity index (χ1n) is 49.7. The van der Waals surface area contributed by atoms with Gasteiger partial charge >= 0.3 is 0 Å². The van der Waals surface area contributed by atoms with Crippen LogP contribution in [0.4, 0.5) is 0 Å². The van der Waals surface area contributed by atoms with Crippen molar-refractivity contribution < 1.29 is 4.74 Å². The topological polar surface area (TPSA) is 9.23 Å². The Morgan fingerprint density at radius 1 is 0.129 bits per heavy atom. The molecule has 1 nitrogen and oxygen atoms in total. The van der Waals surface area contributed by atoms with Crippen molar-refractivity contribution in [2.45, 2.75) is 632 Å². The molecule has 0 aliphatic rings. The molecule has 0 saturated carbocycles. The highest BCUT2D eigenvalue weighted by Crippen LogP contribution is 2.50. The summed E-state index contributed by atoms with van der Waals surface area (Å²) >= 11 is 0. The van der Waals surface area contributed by atoms with Gasteiger partial charge in [0.05, 0.1) is 11.2 Å². The Kier molecular flexibility index (Phi) is 85.5. The molecule has 0 N–H and O–H groups in total. The van der Waals surface area contributed by atoms with Gasteiger partial charge in [-0.15, -0.1) is 0 Å². The minimum atomic E-state index is 0.00426. The SMILES string of the molecule is CCCCCCCCCCCCCCC(CCCCCCCCCCCCCC)(OC(CCCCCCCCCCCCCC)(CCCCCCCCCCCCCC)C(CCCCCCCCCC)CCCCCCCCCC)C(CCCCCCCCCC)CCCCCCCCCC. The summed E-state index contributed by atoms with van der Waals surface area (Å²) in [6.07, 6.45) is 127. The molecule has 0 aromatic heterocycles. The van der Waals surface area contributed by atoms with Gasteiger partial charge in [0, 0.05) is 0 Å². The summed E-state index contributed by atoms with van der Waals surface area (Å²) in [5, 5.41) is 0. The fourth-order valence-corrected chi connectivity index (χ4v) is 18.3. The van der Waals surface area contributed by atoms with Gasteiger partial charge in [-0.3, -0.25) is 0 Å². The monoisotopic (exact) mass is 1420 g/mol. The molecule has 0 fully saturated rings. The lowest BCUT2D eigenvalue weighted by Gasteiger charge is -2.52. The van der Waals surface area contributed by atoms with Gasteiger partial charge in [0.25, 0.3) is 0 Å². The average molecular weight is 1420 g/mol. The molecule has 1 heteroatoms. The first kappa shape index (κ1) is 101. The van der Waals surface area contributed by atoms with E-state index in [4.69, 9.17) is 0 Å². The molecule has 0 aromatic carbocycles. The van der Waals surface area contributed by atoms with E-state index >= 15 is 0 Å². The zero-order valence-corrected chi connectivity index (χ0v) is 72.8. The van der Waals surface area contributed by atoms with Crippen LogP contribution in [-0.2, 0) is 4.74 Å². The number of hydrogen-bond acceptors (Lipinski definition) is 1. The molecule has 0 unspecified atom stereocenters. The van der Waals surface area contributed by atoms with Gasteiger partial charge in [-0.2, -0.15) is 0 Å². The van der Waals surface area contributed by atoms with E-state index in [1.54, 1.807) is 0 Å². The summed E-state index contributed by atoms with van der Waals surface area (Å²) in [7, 11) is 0. The third-order valence-electron chi connectivity index (χ3n) is 25.3. The van der Waals surface area contributed by atoms with E-state index in [0.29, 0.717) is 11.8 Å². The van der Waals surface area contributed by atoms with Crippen LogP contribution < -0.4 is 0 Å². The van der Waals surface area contributed by atoms with Gasteiger partial charge in [-0.1, -0.05) is 569 Å². The highest BCUT2D eigenvalue weighted by molar-refractivity contribution is 4.98. The molecular formula is C100H202O. The molecule has 101 heavy (non-hydrogen) atoms. The fraction of sp³-hybridized carbons (Fsp3) is 1.00. The van der Waals surface area contributed by atoms with E-state index in [9.17, 15) is 4.74 Å². The number of unbranched alkanes of at least 4 members (excludes halogenated alkanes) is 72. The largest absolute Gasteiger partial charge is 0.368 e. The molecule has 0 atom stereocenters. The lowest BCUT2D eigenvalue weighted by Crippen LogP contribution is -2.53. The average Bonchev–Trinajstić information content (AvgIpc) is 0.776. The third kappa shape index (κ3) is 68.9. The van der Waals surface area contributed by atoms with Crippen LogP contribution >= 0.6 is 0 Å². The molecule has 0 heterocycles. The van der Waals surface area contributed by atoms with Crippen LogP contribution in [0.2, 0.25) is 0 Å². The van der Waals surface area contributed by atoms with Crippen LogP contribution in [0.3, 0.4) is 0 Å². The van der Waals surface area contributed by atoms with Gasteiger partial charge in [0.15, 0.2) is 0 Å². The van der Waals surface area contributed by atoms with Crippen LogP contribution in [0.1, 0.15) is 620 Å². The maximum atomic E-state index is 9.44. The molecule has 0 aliphatic heterocycles. The summed E-state index contributed by atoms with van der Waals surface area (Å²) in [4.78, 5) is 0. The molecule has 0 radical (unpaired) electrons. The van der Waals surface area contributed by atoms with Crippen LogP contribution in [0.5, 0.6) is 0 Å². The lowest BCUT2D eigenvalue weighted by atomic mass is 9.69. The first-order chi connectivity index (χ1) is 50.0. The zero-order valence-electron chi connectivity index (χ0n) is 72.8. The molecule has 0 rings (SSSR count). The molecule has 0 amide bonds. The first-order valence-corrected chi connectivity index (χ1v) is 49.7. The highest BCUT2D eigenvalue weighted by Gasteiger charge is 2.48. The minimum absolute atomic E-state index is 0.00426. The van der Waals surface area contributed by atoms with Crippen LogP contribution in [-0.4, -0.2) is 11.2 Å². The molecule has 0 bridgehead atoms. The van der Waals surface area contributed by atoms with Gasteiger partial charge in [-0.25, -0.2) is 0 Å². The van der Waals surface area contributed by atoms with Crippen molar-refractivity contribution in [1.29, 1.82) is 0 Å². The van der Waals surface area contributed by atoms with Crippen LogP contribution in [0, 0.1) is 11.8 Å². The molecule has 0 saturated heterocycles. The van der Waals surface area contributed by atoms with E-state index < -0.39 is 0 Å². The second-order valence-corrected chi connectivity index (χ2v) is 35.2. The fourth-order valence-electron chi connectivity index (χ4n) is 18.3. The second-order valence-electron chi connectivity index (χ2n) is 35.2. The quantitative estimate of drug-likeness (QED) is 0.0552. The Labute approximate surface area is 644 Å². The Bertz CT molecular complexity index is 1240. The van der Waals surface area contributed by atoms with Crippen molar-refractivity contribution in [3.8, 4) is 0 Å². The Balaban J connectivity index is 8.22. The predicted molar refractivity (Wildman–Crippen MR) is 465 cm³/mol. The Morgan fingerprint density at radius 3 is 0.347 bits per heavy atom. The minimum Gasteiger partial charge on any atom is -0.368 e. The van der Waals surface area contributed by atoms with Crippen molar-refractivity contribution in [2.75, 3.05) is 0 Å². The zero-order chi connectivity index (χ0) is 73.1.